The van der Waals surface area contributed by atoms with Crippen molar-refractivity contribution in [1.29, 1.82) is 0 Å². The second kappa shape index (κ2) is 7.48. The van der Waals surface area contributed by atoms with E-state index in [1.807, 2.05) is 0 Å². The van der Waals surface area contributed by atoms with Crippen LogP contribution in [0.15, 0.2) is 12.3 Å². The van der Waals surface area contributed by atoms with E-state index in [4.69, 9.17) is 32.7 Å². The van der Waals surface area contributed by atoms with Gasteiger partial charge < -0.3 is 14.4 Å². The number of ketones is 1. The fourth-order valence-electron chi connectivity index (χ4n) is 2.80. The maximum Gasteiger partial charge on any atom is 0.191 e. The van der Waals surface area contributed by atoms with Gasteiger partial charge in [-0.2, -0.15) is 0 Å². The molecule has 2 aromatic rings. The van der Waals surface area contributed by atoms with Crippen LogP contribution >= 0.6 is 23.2 Å². The first-order valence-electron chi connectivity index (χ1n) is 7.98. The van der Waals surface area contributed by atoms with Gasteiger partial charge in [0.2, 0.25) is 0 Å². The molecule has 5 nitrogen and oxygen atoms in total. The minimum atomic E-state index is -0.926. The second-order valence-corrected chi connectivity index (χ2v) is 6.82. The van der Waals surface area contributed by atoms with E-state index in [1.54, 1.807) is 6.92 Å². The predicted molar refractivity (Wildman–Crippen MR) is 98.1 cm³/mol. The quantitative estimate of drug-likeness (QED) is 0.655. The molecule has 1 atom stereocenters. The number of ether oxygens (including phenoxy) is 2. The molecule has 1 saturated carbocycles. The first-order valence-corrected chi connectivity index (χ1v) is 8.74. The SMILES string of the molecule is COc1cc(OC)c(F)c(N(Cc2cnc(Cl)c(C)c2Cl)C2CC2=O)c1F. The summed E-state index contributed by atoms with van der Waals surface area (Å²) in [5.41, 5.74) is 0.617. The van der Waals surface area contributed by atoms with E-state index in [-0.39, 0.29) is 35.4 Å². The number of aromatic nitrogens is 1. The van der Waals surface area contributed by atoms with Crippen LogP contribution < -0.4 is 14.4 Å². The molecule has 0 saturated heterocycles. The Kier molecular flexibility index (Phi) is 5.44. The van der Waals surface area contributed by atoms with Gasteiger partial charge in [-0.05, 0) is 6.92 Å². The van der Waals surface area contributed by atoms with Crippen molar-refractivity contribution in [1.82, 2.24) is 4.98 Å². The molecular weight excluding hydrogens is 401 g/mol. The largest absolute Gasteiger partial charge is 0.493 e. The lowest BCUT2D eigenvalue weighted by atomic mass is 10.1. The highest BCUT2D eigenvalue weighted by Crippen LogP contribution is 2.42. The Morgan fingerprint density at radius 2 is 1.78 bits per heavy atom. The Hall–Kier alpha value is -2.12. The molecular formula is C18H16Cl2F2N2O3. The number of rotatable bonds is 6. The Morgan fingerprint density at radius 3 is 2.26 bits per heavy atom. The van der Waals surface area contributed by atoms with Gasteiger partial charge in [-0.1, -0.05) is 23.2 Å². The van der Waals surface area contributed by atoms with Gasteiger partial charge >= 0.3 is 0 Å². The van der Waals surface area contributed by atoms with Crippen LogP contribution in [0.25, 0.3) is 0 Å². The maximum atomic E-state index is 14.9. The first-order chi connectivity index (χ1) is 12.8. The van der Waals surface area contributed by atoms with Crippen molar-refractivity contribution in [3.05, 3.63) is 45.2 Å². The van der Waals surface area contributed by atoms with E-state index in [2.05, 4.69) is 4.98 Å². The Morgan fingerprint density at radius 1 is 1.22 bits per heavy atom. The minimum absolute atomic E-state index is 0.0373. The number of carbonyl (C=O) groups is 1. The van der Waals surface area contributed by atoms with Crippen LogP contribution in [0.5, 0.6) is 11.5 Å². The molecule has 1 aliphatic rings. The third-order valence-electron chi connectivity index (χ3n) is 4.42. The standard InChI is InChI=1S/C18H16Cl2F2N2O3/c1-8-14(19)9(6-23-18(8)20)7-24(10-4-11(10)25)17-15(21)12(26-2)5-13(27-3)16(17)22/h5-6,10H,4,7H2,1-3H3. The van der Waals surface area contributed by atoms with Crippen molar-refractivity contribution in [3.63, 3.8) is 0 Å². The highest BCUT2D eigenvalue weighted by atomic mass is 35.5. The number of hydrogen-bond donors (Lipinski definition) is 0. The molecule has 27 heavy (non-hydrogen) atoms. The number of halogens is 4. The Balaban J connectivity index is 2.13. The zero-order chi connectivity index (χ0) is 19.9. The molecule has 3 rings (SSSR count). The zero-order valence-corrected chi connectivity index (χ0v) is 16.3. The summed E-state index contributed by atoms with van der Waals surface area (Å²) in [6.45, 7) is 1.65. The molecule has 0 radical (unpaired) electrons. The first kappa shape index (κ1) is 19.6. The number of benzene rings is 1. The highest BCUT2D eigenvalue weighted by molar-refractivity contribution is 6.35. The van der Waals surface area contributed by atoms with Crippen LogP contribution in [-0.2, 0) is 11.3 Å². The third-order valence-corrected chi connectivity index (χ3v) is 5.32. The predicted octanol–water partition coefficient (Wildman–Crippen LogP) is 4.34. The topological polar surface area (TPSA) is 51.7 Å². The molecule has 0 amide bonds. The number of methoxy groups -OCH3 is 2. The van der Waals surface area contributed by atoms with Crippen molar-refractivity contribution in [2.75, 3.05) is 19.1 Å². The van der Waals surface area contributed by atoms with Crippen molar-refractivity contribution < 1.29 is 23.0 Å². The van der Waals surface area contributed by atoms with Gasteiger partial charge in [0.25, 0.3) is 0 Å². The van der Waals surface area contributed by atoms with Crippen molar-refractivity contribution in [2.45, 2.75) is 25.9 Å². The Bertz CT molecular complexity index is 896. The lowest BCUT2D eigenvalue weighted by Gasteiger charge is -2.26. The van der Waals surface area contributed by atoms with Crippen LogP contribution in [0.1, 0.15) is 17.5 Å². The number of Topliss-reactive ketones (excluding diaryl/α,β-unsaturated/α-hetero) is 1. The summed E-state index contributed by atoms with van der Waals surface area (Å²) in [6, 6.07) is 0.444. The van der Waals surface area contributed by atoms with Crippen molar-refractivity contribution in [2.24, 2.45) is 0 Å². The smallest absolute Gasteiger partial charge is 0.191 e. The van der Waals surface area contributed by atoms with Gasteiger partial charge in [-0.15, -0.1) is 0 Å². The van der Waals surface area contributed by atoms with Crippen LogP contribution in [0.3, 0.4) is 0 Å². The molecule has 1 unspecified atom stereocenters. The maximum absolute atomic E-state index is 14.9. The normalized spacial score (nSPS) is 15.7. The Labute approximate surface area is 164 Å². The van der Waals surface area contributed by atoms with E-state index in [9.17, 15) is 13.6 Å². The van der Waals surface area contributed by atoms with E-state index < -0.39 is 23.4 Å². The van der Waals surface area contributed by atoms with Crippen LogP contribution in [0, 0.1) is 18.6 Å². The average Bonchev–Trinajstić information content (AvgIpc) is 3.37. The van der Waals surface area contributed by atoms with Crippen LogP contribution in [-0.4, -0.2) is 31.0 Å². The highest BCUT2D eigenvalue weighted by Gasteiger charge is 2.43. The molecule has 0 bridgehead atoms. The molecule has 9 heteroatoms. The minimum Gasteiger partial charge on any atom is -0.493 e. The molecule has 0 spiro atoms. The van der Waals surface area contributed by atoms with Gasteiger partial charge in [0, 0.05) is 36.4 Å². The average molecular weight is 417 g/mol. The summed E-state index contributed by atoms with van der Waals surface area (Å²) in [5.74, 6) is -2.38. The van der Waals surface area contributed by atoms with Crippen LogP contribution in [0.4, 0.5) is 14.5 Å². The second-order valence-electron chi connectivity index (χ2n) is 6.09. The summed E-state index contributed by atoms with van der Waals surface area (Å²) < 4.78 is 39.8. The summed E-state index contributed by atoms with van der Waals surface area (Å²) in [5, 5.41) is 0.557. The van der Waals surface area contributed by atoms with E-state index in [0.29, 0.717) is 16.1 Å². The zero-order valence-electron chi connectivity index (χ0n) is 14.8. The molecule has 144 valence electrons. The molecule has 1 aliphatic carbocycles. The summed E-state index contributed by atoms with van der Waals surface area (Å²) in [4.78, 5) is 17.2. The molecule has 1 aromatic carbocycles. The molecule has 0 aliphatic heterocycles. The lowest BCUT2D eigenvalue weighted by Crippen LogP contribution is -2.29. The molecule has 0 N–H and O–H groups in total. The van der Waals surface area contributed by atoms with Gasteiger partial charge in [0.15, 0.2) is 28.9 Å². The summed E-state index contributed by atoms with van der Waals surface area (Å²) in [7, 11) is 2.52. The van der Waals surface area contributed by atoms with E-state index in [1.165, 1.54) is 25.3 Å². The number of carbonyl (C=O) groups excluding carboxylic acids is 1. The summed E-state index contributed by atoms with van der Waals surface area (Å²) in [6.07, 6.45) is 1.60. The third kappa shape index (κ3) is 3.53. The number of pyridine rings is 1. The van der Waals surface area contributed by atoms with E-state index in [0.717, 1.165) is 6.07 Å². The van der Waals surface area contributed by atoms with E-state index >= 15 is 0 Å². The molecule has 1 fully saturated rings. The van der Waals surface area contributed by atoms with Crippen LogP contribution in [0.2, 0.25) is 10.2 Å². The fraction of sp³-hybridized carbons (Fsp3) is 0.333. The van der Waals surface area contributed by atoms with Gasteiger partial charge in [0.1, 0.15) is 10.8 Å². The van der Waals surface area contributed by atoms with Gasteiger partial charge in [0.05, 0.1) is 25.3 Å². The van der Waals surface area contributed by atoms with Gasteiger partial charge in [-0.25, -0.2) is 13.8 Å². The number of anilines is 1. The molecule has 1 aromatic heterocycles. The number of nitrogens with zero attached hydrogens (tertiary/aromatic N) is 2. The molecule has 1 heterocycles. The van der Waals surface area contributed by atoms with Gasteiger partial charge in [-0.3, -0.25) is 4.79 Å². The van der Waals surface area contributed by atoms with Crippen molar-refractivity contribution >= 4 is 34.7 Å². The lowest BCUT2D eigenvalue weighted by molar-refractivity contribution is -0.110. The fourth-order valence-corrected chi connectivity index (χ4v) is 3.19. The van der Waals surface area contributed by atoms with Crippen molar-refractivity contribution in [3.8, 4) is 11.5 Å². The summed E-state index contributed by atoms with van der Waals surface area (Å²) >= 11 is 12.3. The monoisotopic (exact) mass is 416 g/mol. The number of hydrogen-bond acceptors (Lipinski definition) is 5.